The highest BCUT2D eigenvalue weighted by Crippen LogP contribution is 2.24. The number of aliphatic hydroxyl groups is 5. The van der Waals surface area contributed by atoms with Gasteiger partial charge in [-0.15, -0.1) is 0 Å². The average Bonchev–Trinajstić information content (AvgIpc) is 2.28. The summed E-state index contributed by atoms with van der Waals surface area (Å²) in [6.45, 7) is 3.83. The van der Waals surface area contributed by atoms with Gasteiger partial charge in [0.25, 0.3) is 0 Å². The van der Waals surface area contributed by atoms with E-state index in [0.29, 0.717) is 6.42 Å². The van der Waals surface area contributed by atoms with Crippen molar-refractivity contribution in [2.75, 3.05) is 13.2 Å². The number of unbranched alkanes of at least 4 members (excludes halogenated alkanes) is 57. The molecule has 9 heteroatoms. The lowest BCUT2D eigenvalue weighted by molar-refractivity contribution is -0.302. The second-order valence-electron chi connectivity index (χ2n) is 27.9. The number of carbonyl (C=O) groups excluding carboxylic acids is 1. The highest BCUT2D eigenvalue weighted by molar-refractivity contribution is 5.76. The van der Waals surface area contributed by atoms with Crippen molar-refractivity contribution in [2.24, 2.45) is 0 Å². The Balaban J connectivity index is 2.06. The molecule has 0 aromatic carbocycles. The maximum Gasteiger partial charge on any atom is 0.220 e. The standard InChI is InChI=1S/C80H153NO8/c1-3-5-7-9-11-13-15-17-19-21-23-25-27-29-31-33-35-36-37-38-40-42-44-46-48-50-52-54-56-58-60-62-64-66-68-70-76(84)81-73(72-88-80-79(87)78(86)77(85)75(71-82)89-80)74(83)69-67-65-63-61-59-57-55-53-51-49-47-45-43-41-39-34-32-30-28-26-24-22-20-18-16-14-12-10-8-6-4-2/h15,17,21,23,67,69,73-75,77-80,82-83,85-87H,3-14,16,18-20,22,24-66,68,70-72H2,1-2H3,(H,81,84)/b17-15-,23-21-,69-67+. The van der Waals surface area contributed by atoms with E-state index in [1.54, 1.807) is 6.08 Å². The first kappa shape index (κ1) is 85.4. The van der Waals surface area contributed by atoms with E-state index < -0.39 is 49.5 Å². The first-order valence-corrected chi connectivity index (χ1v) is 39.7. The molecule has 1 amide bonds. The SMILES string of the molecule is CCCCCCC/C=C\C/C=C\CCCCCCCCCCCCCCCCCCCCCCCCCC(=O)NC(COC1OC(CO)C(O)C(O)C1O)C(O)/C=C/CCCCCCCCCCCCCCCCCCCCCCCCCCCCCCC. The van der Waals surface area contributed by atoms with Crippen LogP contribution in [0.3, 0.4) is 0 Å². The van der Waals surface area contributed by atoms with E-state index in [1.807, 2.05) is 6.08 Å². The van der Waals surface area contributed by atoms with Gasteiger partial charge in [0.05, 0.1) is 25.4 Å². The third-order valence-corrected chi connectivity index (χ3v) is 19.2. The minimum absolute atomic E-state index is 0.167. The molecule has 0 saturated carbocycles. The summed E-state index contributed by atoms with van der Waals surface area (Å²) >= 11 is 0. The normalized spacial score (nSPS) is 17.9. The van der Waals surface area contributed by atoms with Crippen LogP contribution in [0, 0.1) is 0 Å². The molecule has 89 heavy (non-hydrogen) atoms. The van der Waals surface area contributed by atoms with Crippen LogP contribution in [0.1, 0.15) is 412 Å². The number of nitrogens with one attached hydrogen (secondary N) is 1. The van der Waals surface area contributed by atoms with Crippen LogP contribution in [0.5, 0.6) is 0 Å². The fraction of sp³-hybridized carbons (Fsp3) is 0.912. The van der Waals surface area contributed by atoms with Crippen LogP contribution >= 0.6 is 0 Å². The molecule has 0 bridgehead atoms. The van der Waals surface area contributed by atoms with E-state index in [-0.39, 0.29) is 12.5 Å². The Bertz CT molecular complexity index is 1500. The van der Waals surface area contributed by atoms with Crippen LogP contribution in [0.25, 0.3) is 0 Å². The molecule has 526 valence electrons. The molecule has 0 radical (unpaired) electrons. The molecule has 1 saturated heterocycles. The Kier molecular flexibility index (Phi) is 66.5. The predicted molar refractivity (Wildman–Crippen MR) is 383 cm³/mol. The van der Waals surface area contributed by atoms with Crippen LogP contribution in [-0.2, 0) is 14.3 Å². The Labute approximate surface area is 552 Å². The molecular weight excluding hydrogens is 1100 g/mol. The van der Waals surface area contributed by atoms with Gasteiger partial charge in [0, 0.05) is 6.42 Å². The molecule has 0 aromatic rings. The van der Waals surface area contributed by atoms with Crippen molar-refractivity contribution in [3.63, 3.8) is 0 Å². The fourth-order valence-corrected chi connectivity index (χ4v) is 13.0. The highest BCUT2D eigenvalue weighted by Gasteiger charge is 2.44. The number of carbonyl (C=O) groups is 1. The first-order chi connectivity index (χ1) is 43.8. The zero-order valence-electron chi connectivity index (χ0n) is 59.2. The largest absolute Gasteiger partial charge is 0.394 e. The van der Waals surface area contributed by atoms with Crippen molar-refractivity contribution in [3.05, 3.63) is 36.5 Å². The van der Waals surface area contributed by atoms with Crippen molar-refractivity contribution in [2.45, 2.75) is 455 Å². The monoisotopic (exact) mass is 1260 g/mol. The molecule has 1 aliphatic rings. The summed E-state index contributed by atoms with van der Waals surface area (Å²) in [6.07, 6.45) is 87.2. The van der Waals surface area contributed by atoms with Crippen LogP contribution in [0.15, 0.2) is 36.5 Å². The van der Waals surface area contributed by atoms with Gasteiger partial charge in [0.15, 0.2) is 6.29 Å². The Morgan fingerprint density at radius 2 is 0.663 bits per heavy atom. The lowest BCUT2D eigenvalue weighted by atomic mass is 9.99. The van der Waals surface area contributed by atoms with Gasteiger partial charge >= 0.3 is 0 Å². The topological polar surface area (TPSA) is 149 Å². The summed E-state index contributed by atoms with van der Waals surface area (Å²) in [7, 11) is 0. The van der Waals surface area contributed by atoms with Gasteiger partial charge in [-0.2, -0.15) is 0 Å². The van der Waals surface area contributed by atoms with E-state index in [2.05, 4.69) is 43.5 Å². The number of amides is 1. The molecule has 6 N–H and O–H groups in total. The summed E-state index contributed by atoms with van der Waals surface area (Å²) in [4.78, 5) is 13.2. The van der Waals surface area contributed by atoms with Crippen molar-refractivity contribution in [3.8, 4) is 0 Å². The van der Waals surface area contributed by atoms with E-state index in [0.717, 1.165) is 44.9 Å². The zero-order valence-corrected chi connectivity index (χ0v) is 59.2. The zero-order chi connectivity index (χ0) is 64.2. The summed E-state index contributed by atoms with van der Waals surface area (Å²) in [6, 6.07) is -0.805. The lowest BCUT2D eigenvalue weighted by Crippen LogP contribution is -2.60. The quantitative estimate of drug-likeness (QED) is 0.0261. The Hall–Kier alpha value is -1.59. The van der Waals surface area contributed by atoms with E-state index >= 15 is 0 Å². The lowest BCUT2D eigenvalue weighted by Gasteiger charge is -2.40. The summed E-state index contributed by atoms with van der Waals surface area (Å²) in [5, 5.41) is 54.9. The molecule has 1 fully saturated rings. The van der Waals surface area contributed by atoms with Crippen LogP contribution in [0.4, 0.5) is 0 Å². The number of hydrogen-bond donors (Lipinski definition) is 6. The molecule has 7 unspecified atom stereocenters. The number of hydrogen-bond acceptors (Lipinski definition) is 8. The van der Waals surface area contributed by atoms with Gasteiger partial charge in [-0.25, -0.2) is 0 Å². The van der Waals surface area contributed by atoms with E-state index in [1.165, 1.54) is 347 Å². The minimum atomic E-state index is -1.57. The summed E-state index contributed by atoms with van der Waals surface area (Å²) in [5.74, 6) is -0.167. The Morgan fingerprint density at radius 3 is 0.966 bits per heavy atom. The number of rotatable bonds is 71. The molecule has 0 aromatic heterocycles. The molecule has 1 aliphatic heterocycles. The summed E-state index contributed by atoms with van der Waals surface area (Å²) < 4.78 is 11.4. The van der Waals surface area contributed by atoms with Crippen molar-refractivity contribution < 1.29 is 39.8 Å². The fourth-order valence-electron chi connectivity index (χ4n) is 13.0. The average molecular weight is 1260 g/mol. The van der Waals surface area contributed by atoms with Crippen molar-refractivity contribution in [1.29, 1.82) is 0 Å². The van der Waals surface area contributed by atoms with Gasteiger partial charge in [-0.1, -0.05) is 391 Å². The van der Waals surface area contributed by atoms with Crippen LogP contribution < -0.4 is 5.32 Å². The number of ether oxygens (including phenoxy) is 2. The number of allylic oxidation sites excluding steroid dienone is 5. The van der Waals surface area contributed by atoms with Gasteiger partial charge in [-0.05, 0) is 51.4 Å². The second-order valence-corrected chi connectivity index (χ2v) is 27.9. The third-order valence-electron chi connectivity index (χ3n) is 19.2. The van der Waals surface area contributed by atoms with E-state index in [4.69, 9.17) is 9.47 Å². The number of aliphatic hydroxyl groups excluding tert-OH is 5. The molecule has 9 nitrogen and oxygen atoms in total. The smallest absolute Gasteiger partial charge is 0.220 e. The van der Waals surface area contributed by atoms with E-state index in [9.17, 15) is 30.3 Å². The maximum atomic E-state index is 13.2. The van der Waals surface area contributed by atoms with Gasteiger partial charge < -0.3 is 40.3 Å². The second kappa shape index (κ2) is 69.2. The minimum Gasteiger partial charge on any atom is -0.394 e. The molecule has 7 atom stereocenters. The van der Waals surface area contributed by atoms with Crippen molar-refractivity contribution >= 4 is 5.91 Å². The summed E-state index contributed by atoms with van der Waals surface area (Å²) in [5.41, 5.74) is 0. The molecule has 0 aliphatic carbocycles. The molecule has 1 rings (SSSR count). The van der Waals surface area contributed by atoms with Gasteiger partial charge in [0.1, 0.15) is 24.4 Å². The van der Waals surface area contributed by atoms with Crippen LogP contribution in [0.2, 0.25) is 0 Å². The molecule has 0 spiro atoms. The van der Waals surface area contributed by atoms with Gasteiger partial charge in [-0.3, -0.25) is 4.79 Å². The molecular formula is C80H153NO8. The maximum absolute atomic E-state index is 13.2. The van der Waals surface area contributed by atoms with Gasteiger partial charge in [0.2, 0.25) is 5.91 Å². The highest BCUT2D eigenvalue weighted by atomic mass is 16.7. The first-order valence-electron chi connectivity index (χ1n) is 39.7. The third kappa shape index (κ3) is 57.6. The molecule has 1 heterocycles. The predicted octanol–water partition coefficient (Wildman–Crippen LogP) is 22.5. The van der Waals surface area contributed by atoms with Crippen molar-refractivity contribution in [1.82, 2.24) is 5.32 Å². The van der Waals surface area contributed by atoms with Crippen LogP contribution in [-0.4, -0.2) is 87.5 Å². The Morgan fingerprint density at radius 1 is 0.382 bits per heavy atom.